The fourth-order valence-electron chi connectivity index (χ4n) is 3.50. The lowest BCUT2D eigenvalue weighted by atomic mass is 10.1. The second-order valence-electron chi connectivity index (χ2n) is 7.63. The van der Waals surface area contributed by atoms with Crippen LogP contribution in [0.3, 0.4) is 0 Å². The SMILES string of the molecule is COc1ccc([N+](=O)[O-])cc1NC(=O)C(C)OC(=O)c1nn(-c2ccccc2)c(=O)c2ccccc12. The Bertz CT molecular complexity index is 1530. The number of nitrogens with zero attached hydrogens (tertiary/aromatic N) is 3. The fourth-order valence-corrected chi connectivity index (χ4v) is 3.50. The third kappa shape index (κ3) is 4.75. The molecule has 0 saturated heterocycles. The number of nitrogens with one attached hydrogen (secondary N) is 1. The van der Waals surface area contributed by atoms with E-state index in [4.69, 9.17) is 9.47 Å². The molecule has 1 amide bonds. The topological polar surface area (TPSA) is 143 Å². The molecular formula is C25H20N4O7. The van der Waals surface area contributed by atoms with Crippen LogP contribution in [0.2, 0.25) is 0 Å². The minimum atomic E-state index is -1.31. The molecule has 1 atom stereocenters. The summed E-state index contributed by atoms with van der Waals surface area (Å²) < 4.78 is 11.6. The zero-order valence-corrected chi connectivity index (χ0v) is 19.2. The van der Waals surface area contributed by atoms with Gasteiger partial charge < -0.3 is 14.8 Å². The number of non-ortho nitro benzene ring substituents is 1. The summed E-state index contributed by atoms with van der Waals surface area (Å²) in [6.45, 7) is 1.34. The molecule has 0 spiro atoms. The van der Waals surface area contributed by atoms with Crippen LogP contribution in [0, 0.1) is 10.1 Å². The van der Waals surface area contributed by atoms with Gasteiger partial charge in [0.25, 0.3) is 17.2 Å². The van der Waals surface area contributed by atoms with Crippen LogP contribution in [-0.2, 0) is 9.53 Å². The predicted molar refractivity (Wildman–Crippen MR) is 130 cm³/mol. The number of carbonyl (C=O) groups excluding carboxylic acids is 2. The number of hydrogen-bond donors (Lipinski definition) is 1. The molecule has 0 aliphatic heterocycles. The number of para-hydroxylation sites is 1. The van der Waals surface area contributed by atoms with Gasteiger partial charge in [-0.3, -0.25) is 19.7 Å². The lowest BCUT2D eigenvalue weighted by molar-refractivity contribution is -0.384. The summed E-state index contributed by atoms with van der Waals surface area (Å²) >= 11 is 0. The van der Waals surface area contributed by atoms with Crippen molar-refractivity contribution in [2.24, 2.45) is 0 Å². The Hall–Kier alpha value is -5.06. The van der Waals surface area contributed by atoms with Gasteiger partial charge in [0.15, 0.2) is 11.8 Å². The first-order chi connectivity index (χ1) is 17.3. The number of fused-ring (bicyclic) bond motifs is 1. The molecule has 11 heteroatoms. The van der Waals surface area contributed by atoms with Gasteiger partial charge in [0.2, 0.25) is 0 Å². The zero-order chi connectivity index (χ0) is 25.8. The number of nitro benzene ring substituents is 1. The number of aromatic nitrogens is 2. The number of ether oxygens (including phenoxy) is 2. The number of benzene rings is 3. The molecule has 0 saturated carbocycles. The van der Waals surface area contributed by atoms with Gasteiger partial charge in [0, 0.05) is 17.5 Å². The van der Waals surface area contributed by atoms with Crippen molar-refractivity contribution in [1.29, 1.82) is 0 Å². The van der Waals surface area contributed by atoms with Gasteiger partial charge in [-0.05, 0) is 31.2 Å². The van der Waals surface area contributed by atoms with Gasteiger partial charge in [-0.25, -0.2) is 4.79 Å². The van der Waals surface area contributed by atoms with E-state index >= 15 is 0 Å². The summed E-state index contributed by atoms with van der Waals surface area (Å²) in [7, 11) is 1.35. The Balaban J connectivity index is 1.63. The third-order valence-corrected chi connectivity index (χ3v) is 5.30. The molecule has 4 rings (SSSR count). The van der Waals surface area contributed by atoms with E-state index in [-0.39, 0.29) is 33.6 Å². The average molecular weight is 488 g/mol. The molecule has 0 aliphatic carbocycles. The van der Waals surface area contributed by atoms with E-state index in [1.807, 2.05) is 0 Å². The Morgan fingerprint density at radius 1 is 1.03 bits per heavy atom. The molecule has 1 N–H and O–H groups in total. The summed E-state index contributed by atoms with van der Waals surface area (Å²) in [6.07, 6.45) is -1.31. The number of esters is 1. The first-order valence-electron chi connectivity index (χ1n) is 10.7. The quantitative estimate of drug-likeness (QED) is 0.237. The van der Waals surface area contributed by atoms with Crippen molar-refractivity contribution in [2.75, 3.05) is 12.4 Å². The Labute approximate surface area is 204 Å². The van der Waals surface area contributed by atoms with E-state index in [1.165, 1.54) is 26.2 Å². The molecule has 36 heavy (non-hydrogen) atoms. The van der Waals surface area contributed by atoms with Crippen LogP contribution in [0.1, 0.15) is 17.4 Å². The maximum atomic E-state index is 13.1. The summed E-state index contributed by atoms with van der Waals surface area (Å²) in [5, 5.41) is 18.3. The second-order valence-corrected chi connectivity index (χ2v) is 7.63. The Morgan fingerprint density at radius 3 is 2.36 bits per heavy atom. The molecule has 1 aromatic heterocycles. The highest BCUT2D eigenvalue weighted by atomic mass is 16.6. The summed E-state index contributed by atoms with van der Waals surface area (Å²) in [5.74, 6) is -1.48. The number of rotatable bonds is 7. The van der Waals surface area contributed by atoms with Crippen LogP contribution in [0.4, 0.5) is 11.4 Å². The number of anilines is 1. The van der Waals surface area contributed by atoms with E-state index in [1.54, 1.807) is 54.6 Å². The summed E-state index contributed by atoms with van der Waals surface area (Å²) in [5.41, 5.74) is -0.334. The Morgan fingerprint density at radius 2 is 1.69 bits per heavy atom. The maximum Gasteiger partial charge on any atom is 0.360 e. The zero-order valence-electron chi connectivity index (χ0n) is 19.2. The minimum Gasteiger partial charge on any atom is -0.495 e. The third-order valence-electron chi connectivity index (χ3n) is 5.30. The van der Waals surface area contributed by atoms with Gasteiger partial charge >= 0.3 is 5.97 Å². The monoisotopic (exact) mass is 488 g/mol. The van der Waals surface area contributed by atoms with Crippen molar-refractivity contribution in [1.82, 2.24) is 9.78 Å². The molecule has 3 aromatic carbocycles. The van der Waals surface area contributed by atoms with Crippen molar-refractivity contribution < 1.29 is 24.0 Å². The van der Waals surface area contributed by atoms with Crippen molar-refractivity contribution >= 4 is 34.0 Å². The number of methoxy groups -OCH3 is 1. The van der Waals surface area contributed by atoms with Crippen molar-refractivity contribution in [3.05, 3.63) is 99.0 Å². The van der Waals surface area contributed by atoms with Crippen LogP contribution >= 0.6 is 0 Å². The first-order valence-corrected chi connectivity index (χ1v) is 10.7. The van der Waals surface area contributed by atoms with E-state index in [2.05, 4.69) is 10.4 Å². The normalized spacial score (nSPS) is 11.5. The van der Waals surface area contributed by atoms with Gasteiger partial charge in [0.05, 0.1) is 28.8 Å². The van der Waals surface area contributed by atoms with Gasteiger partial charge in [-0.2, -0.15) is 9.78 Å². The maximum absolute atomic E-state index is 13.1. The smallest absolute Gasteiger partial charge is 0.360 e. The minimum absolute atomic E-state index is 0.0424. The molecule has 1 unspecified atom stereocenters. The largest absolute Gasteiger partial charge is 0.495 e. The van der Waals surface area contributed by atoms with E-state index in [0.29, 0.717) is 5.69 Å². The second kappa shape index (κ2) is 10.1. The van der Waals surface area contributed by atoms with Crippen LogP contribution in [0.25, 0.3) is 16.5 Å². The predicted octanol–water partition coefficient (Wildman–Crippen LogP) is 3.49. The molecule has 0 bridgehead atoms. The molecule has 182 valence electrons. The number of amides is 1. The lowest BCUT2D eigenvalue weighted by Crippen LogP contribution is -2.31. The number of nitro groups is 1. The highest BCUT2D eigenvalue weighted by Crippen LogP contribution is 2.29. The van der Waals surface area contributed by atoms with Gasteiger partial charge in [-0.15, -0.1) is 0 Å². The highest BCUT2D eigenvalue weighted by molar-refractivity contribution is 6.04. The lowest BCUT2D eigenvalue weighted by Gasteiger charge is -2.16. The van der Waals surface area contributed by atoms with Gasteiger partial charge in [-0.1, -0.05) is 36.4 Å². The summed E-state index contributed by atoms with van der Waals surface area (Å²) in [4.78, 5) is 49.3. The molecule has 11 nitrogen and oxygen atoms in total. The molecule has 0 fully saturated rings. The van der Waals surface area contributed by atoms with E-state index < -0.39 is 28.5 Å². The number of hydrogen-bond acceptors (Lipinski definition) is 8. The molecular weight excluding hydrogens is 468 g/mol. The van der Waals surface area contributed by atoms with Crippen LogP contribution in [-0.4, -0.2) is 39.8 Å². The van der Waals surface area contributed by atoms with Gasteiger partial charge in [0.1, 0.15) is 5.75 Å². The number of carbonyl (C=O) groups is 2. The highest BCUT2D eigenvalue weighted by Gasteiger charge is 2.25. The van der Waals surface area contributed by atoms with Crippen LogP contribution < -0.4 is 15.6 Å². The van der Waals surface area contributed by atoms with Crippen LogP contribution in [0.5, 0.6) is 5.75 Å². The van der Waals surface area contributed by atoms with E-state index in [0.717, 1.165) is 10.7 Å². The van der Waals surface area contributed by atoms with Crippen molar-refractivity contribution in [2.45, 2.75) is 13.0 Å². The molecule has 0 radical (unpaired) electrons. The standard InChI is InChI=1S/C25H20N4O7/c1-15(23(30)26-20-14-17(29(33)34)12-13-21(20)35-2)36-25(32)22-18-10-6-7-11-19(18)24(31)28(27-22)16-8-4-3-5-9-16/h3-15H,1-2H3,(H,26,30). The van der Waals surface area contributed by atoms with Crippen molar-refractivity contribution in [3.63, 3.8) is 0 Å². The summed E-state index contributed by atoms with van der Waals surface area (Å²) in [6, 6.07) is 18.7. The van der Waals surface area contributed by atoms with Crippen LogP contribution in [0.15, 0.2) is 77.6 Å². The molecule has 4 aromatic rings. The molecule has 0 aliphatic rings. The fraction of sp³-hybridized carbons (Fsp3) is 0.120. The Kier molecular flexibility index (Phi) is 6.72. The average Bonchev–Trinajstić information content (AvgIpc) is 2.89. The first kappa shape index (κ1) is 24.1. The van der Waals surface area contributed by atoms with Crippen molar-refractivity contribution in [3.8, 4) is 11.4 Å². The molecule has 1 heterocycles. The van der Waals surface area contributed by atoms with E-state index in [9.17, 15) is 24.5 Å².